The Bertz CT molecular complexity index is 485. The van der Waals surface area contributed by atoms with Crippen molar-refractivity contribution in [2.24, 2.45) is 0 Å². The zero-order valence-electron chi connectivity index (χ0n) is 9.82. The second-order valence-corrected chi connectivity index (χ2v) is 3.41. The highest BCUT2D eigenvalue weighted by molar-refractivity contribution is 5.48. The lowest BCUT2D eigenvalue weighted by Gasteiger charge is -2.19. The van der Waals surface area contributed by atoms with Crippen molar-refractivity contribution in [3.8, 4) is 0 Å². The normalized spacial score (nSPS) is 11.9. The number of hydrogen-bond donors (Lipinski definition) is 0. The monoisotopic (exact) mass is 283 g/mol. The summed E-state index contributed by atoms with van der Waals surface area (Å²) >= 11 is 0. The highest BCUT2D eigenvalue weighted by atomic mass is 19.4. The molecule has 0 aliphatic heterocycles. The van der Waals surface area contributed by atoms with Crippen LogP contribution in [-0.4, -0.2) is 19.1 Å². The summed E-state index contributed by atoms with van der Waals surface area (Å²) in [5, 5.41) is 10.6. The molecule has 0 N–H and O–H groups in total. The van der Waals surface area contributed by atoms with Gasteiger partial charge in [0, 0.05) is 20.3 Å². The highest BCUT2D eigenvalue weighted by Gasteiger charge is 2.44. The number of nitro benzene ring substituents is 1. The Labute approximate surface area is 104 Å². The largest absolute Gasteiger partial charge is 0.423 e. The van der Waals surface area contributed by atoms with Crippen LogP contribution >= 0.6 is 0 Å². The minimum atomic E-state index is -5.12. The van der Waals surface area contributed by atoms with Crippen molar-refractivity contribution in [3.63, 3.8) is 0 Å². The zero-order valence-corrected chi connectivity index (χ0v) is 9.82. The van der Waals surface area contributed by atoms with Crippen LogP contribution in [0.4, 0.5) is 23.2 Å². The van der Waals surface area contributed by atoms with Gasteiger partial charge in [-0.25, -0.2) is 4.39 Å². The van der Waals surface area contributed by atoms with Crippen LogP contribution in [0, 0.1) is 15.9 Å². The molecule has 106 valence electrons. The Kier molecular flexibility index (Phi) is 4.43. The van der Waals surface area contributed by atoms with Crippen LogP contribution in [0.25, 0.3) is 0 Å². The molecule has 0 amide bonds. The summed E-state index contributed by atoms with van der Waals surface area (Å²) in [7, 11) is 1.99. The second-order valence-electron chi connectivity index (χ2n) is 3.41. The zero-order chi connectivity index (χ0) is 14.8. The van der Waals surface area contributed by atoms with E-state index in [1.165, 1.54) is 0 Å². The van der Waals surface area contributed by atoms with E-state index < -0.39 is 40.0 Å². The average Bonchev–Trinajstić information content (AvgIpc) is 2.30. The maximum atomic E-state index is 13.6. The number of halogens is 4. The summed E-state index contributed by atoms with van der Waals surface area (Å²) in [5.74, 6) is -1.30. The van der Waals surface area contributed by atoms with E-state index in [1.54, 1.807) is 0 Å². The summed E-state index contributed by atoms with van der Waals surface area (Å²) in [6, 6.07) is 1.01. The molecule has 19 heavy (non-hydrogen) atoms. The maximum Gasteiger partial charge on any atom is 0.423 e. The molecule has 0 spiro atoms. The van der Waals surface area contributed by atoms with Crippen molar-refractivity contribution >= 4 is 5.69 Å². The van der Waals surface area contributed by atoms with E-state index in [9.17, 15) is 27.7 Å². The predicted octanol–water partition coefficient (Wildman–Crippen LogP) is 3.04. The van der Waals surface area contributed by atoms with Crippen molar-refractivity contribution in [2.75, 3.05) is 14.2 Å². The fraction of sp³-hybridized carbons (Fsp3) is 0.400. The minimum Gasteiger partial charge on any atom is -0.352 e. The molecule has 0 bridgehead atoms. The van der Waals surface area contributed by atoms with Gasteiger partial charge < -0.3 is 9.47 Å². The number of nitrogens with zero attached hydrogens (tertiary/aromatic N) is 1. The Morgan fingerprint density at radius 3 is 2.16 bits per heavy atom. The molecule has 0 saturated carbocycles. The number of methoxy groups -OCH3 is 2. The Balaban J connectivity index is 3.68. The van der Waals surface area contributed by atoms with Crippen LogP contribution in [0.3, 0.4) is 0 Å². The molecule has 0 atom stereocenters. The third kappa shape index (κ3) is 2.99. The molecule has 9 heteroatoms. The molecule has 0 saturated heterocycles. The molecule has 0 fully saturated rings. The molecule has 0 radical (unpaired) electrons. The third-order valence-corrected chi connectivity index (χ3v) is 2.31. The van der Waals surface area contributed by atoms with E-state index in [0.717, 1.165) is 14.2 Å². The van der Waals surface area contributed by atoms with Gasteiger partial charge in [-0.15, -0.1) is 0 Å². The van der Waals surface area contributed by atoms with Crippen LogP contribution in [0.5, 0.6) is 0 Å². The smallest absolute Gasteiger partial charge is 0.352 e. The van der Waals surface area contributed by atoms with Gasteiger partial charge in [0.05, 0.1) is 10.5 Å². The standard InChI is InChI=1S/C10H9F4NO4/c1-18-9(19-2)7-5(11)3-4-6(15(16)17)8(7)10(12,13)14/h3-4,9H,1-2H3. The maximum absolute atomic E-state index is 13.6. The summed E-state index contributed by atoms with van der Waals surface area (Å²) in [4.78, 5) is 9.39. The number of hydrogen-bond acceptors (Lipinski definition) is 4. The first-order valence-corrected chi connectivity index (χ1v) is 4.83. The van der Waals surface area contributed by atoms with E-state index in [0.29, 0.717) is 12.1 Å². The van der Waals surface area contributed by atoms with Gasteiger partial charge in [0.1, 0.15) is 11.4 Å². The number of rotatable bonds is 4. The summed E-state index contributed by atoms with van der Waals surface area (Å²) in [6.45, 7) is 0. The Morgan fingerprint density at radius 2 is 1.79 bits per heavy atom. The van der Waals surface area contributed by atoms with Gasteiger partial charge in [0.2, 0.25) is 0 Å². The lowest BCUT2D eigenvalue weighted by Crippen LogP contribution is -2.18. The van der Waals surface area contributed by atoms with Crippen molar-refractivity contribution in [1.29, 1.82) is 0 Å². The first-order chi connectivity index (χ1) is 8.73. The van der Waals surface area contributed by atoms with Crippen LogP contribution in [0.1, 0.15) is 17.4 Å². The van der Waals surface area contributed by atoms with Crippen molar-refractivity contribution in [2.45, 2.75) is 12.5 Å². The van der Waals surface area contributed by atoms with Gasteiger partial charge in [-0.05, 0) is 6.07 Å². The molecule has 1 aromatic carbocycles. The molecule has 0 aromatic heterocycles. The minimum absolute atomic E-state index is 0.448. The fourth-order valence-electron chi connectivity index (χ4n) is 1.60. The molecule has 0 aliphatic carbocycles. The van der Waals surface area contributed by atoms with E-state index in [-0.39, 0.29) is 0 Å². The topological polar surface area (TPSA) is 61.6 Å². The average molecular weight is 283 g/mol. The quantitative estimate of drug-likeness (QED) is 0.369. The van der Waals surface area contributed by atoms with Crippen LogP contribution in [0.15, 0.2) is 12.1 Å². The van der Waals surface area contributed by atoms with E-state index >= 15 is 0 Å². The number of benzene rings is 1. The summed E-state index contributed by atoms with van der Waals surface area (Å²) in [5.41, 5.74) is -4.03. The number of ether oxygens (including phenoxy) is 2. The van der Waals surface area contributed by atoms with Gasteiger partial charge in [-0.1, -0.05) is 0 Å². The molecular formula is C10H9F4NO4. The first-order valence-electron chi connectivity index (χ1n) is 4.83. The number of alkyl halides is 3. The number of nitro groups is 1. The van der Waals surface area contributed by atoms with Gasteiger partial charge in [0.15, 0.2) is 6.29 Å². The molecular weight excluding hydrogens is 274 g/mol. The SMILES string of the molecule is COC(OC)c1c(F)ccc([N+](=O)[O-])c1C(F)(F)F. The van der Waals surface area contributed by atoms with Crippen molar-refractivity contribution < 1.29 is 32.0 Å². The second kappa shape index (κ2) is 5.49. The fourth-order valence-corrected chi connectivity index (χ4v) is 1.60. The van der Waals surface area contributed by atoms with Gasteiger partial charge >= 0.3 is 6.18 Å². The van der Waals surface area contributed by atoms with E-state index in [2.05, 4.69) is 9.47 Å². The van der Waals surface area contributed by atoms with Gasteiger partial charge in [-0.2, -0.15) is 13.2 Å². The Morgan fingerprint density at radius 1 is 1.26 bits per heavy atom. The molecule has 1 rings (SSSR count). The molecule has 0 unspecified atom stereocenters. The highest BCUT2D eigenvalue weighted by Crippen LogP contribution is 2.42. The van der Waals surface area contributed by atoms with Crippen molar-refractivity contribution in [1.82, 2.24) is 0 Å². The molecule has 1 aromatic rings. The molecule has 0 aliphatic rings. The van der Waals surface area contributed by atoms with E-state index in [4.69, 9.17) is 0 Å². The Hall–Kier alpha value is -1.74. The van der Waals surface area contributed by atoms with Crippen LogP contribution in [-0.2, 0) is 15.7 Å². The molecule has 0 heterocycles. The predicted molar refractivity (Wildman–Crippen MR) is 54.8 cm³/mol. The van der Waals surface area contributed by atoms with E-state index in [1.807, 2.05) is 0 Å². The third-order valence-electron chi connectivity index (χ3n) is 2.31. The van der Waals surface area contributed by atoms with Gasteiger partial charge in [-0.3, -0.25) is 10.1 Å². The molecule has 5 nitrogen and oxygen atoms in total. The lowest BCUT2D eigenvalue weighted by molar-refractivity contribution is -0.388. The van der Waals surface area contributed by atoms with Crippen molar-refractivity contribution in [3.05, 3.63) is 39.2 Å². The van der Waals surface area contributed by atoms with Crippen LogP contribution in [0.2, 0.25) is 0 Å². The summed E-state index contributed by atoms with van der Waals surface area (Å²) in [6.07, 6.45) is -6.81. The lowest BCUT2D eigenvalue weighted by atomic mass is 10.0. The van der Waals surface area contributed by atoms with Crippen LogP contribution < -0.4 is 0 Å². The van der Waals surface area contributed by atoms with Gasteiger partial charge in [0.25, 0.3) is 5.69 Å². The summed E-state index contributed by atoms with van der Waals surface area (Å²) < 4.78 is 61.4. The first kappa shape index (κ1) is 15.3.